The fourth-order valence-electron chi connectivity index (χ4n) is 5.59. The van der Waals surface area contributed by atoms with Gasteiger partial charge in [0.25, 0.3) is 0 Å². The topological polar surface area (TPSA) is 77.1 Å². The Morgan fingerprint density at radius 2 is 1.58 bits per heavy atom. The summed E-state index contributed by atoms with van der Waals surface area (Å²) >= 11 is 0. The summed E-state index contributed by atoms with van der Waals surface area (Å²) in [6.07, 6.45) is 0.278. The number of likely N-dealkylation sites (N-methyl/N-ethyl adjacent to an activating group) is 1. The van der Waals surface area contributed by atoms with Crippen molar-refractivity contribution in [3.8, 4) is 11.1 Å². The zero-order valence-corrected chi connectivity index (χ0v) is 19.1. The van der Waals surface area contributed by atoms with E-state index in [0.717, 1.165) is 11.1 Å². The van der Waals surface area contributed by atoms with E-state index in [0.29, 0.717) is 26.1 Å². The number of piperidine rings is 1. The van der Waals surface area contributed by atoms with Crippen LogP contribution in [0.2, 0.25) is 0 Å². The van der Waals surface area contributed by atoms with Crippen molar-refractivity contribution in [2.24, 2.45) is 0 Å². The fourth-order valence-corrected chi connectivity index (χ4v) is 5.59. The van der Waals surface area contributed by atoms with Gasteiger partial charge in [0.1, 0.15) is 12.1 Å². The van der Waals surface area contributed by atoms with E-state index in [4.69, 9.17) is 14.2 Å². The number of esters is 1. The number of morpholine rings is 1. The number of benzene rings is 2. The van der Waals surface area contributed by atoms with Gasteiger partial charge in [-0.15, -0.1) is 0 Å². The minimum absolute atomic E-state index is 0.0352. The van der Waals surface area contributed by atoms with Crippen LogP contribution in [0.3, 0.4) is 0 Å². The number of carbonyl (C=O) groups is 2. The molecule has 2 heterocycles. The van der Waals surface area contributed by atoms with E-state index in [2.05, 4.69) is 34.5 Å². The van der Waals surface area contributed by atoms with Gasteiger partial charge in [0.15, 0.2) is 0 Å². The molecule has 3 aliphatic rings. The van der Waals surface area contributed by atoms with Gasteiger partial charge in [-0.2, -0.15) is 0 Å². The van der Waals surface area contributed by atoms with Crippen molar-refractivity contribution in [1.29, 1.82) is 0 Å². The predicted octanol–water partition coefficient (Wildman–Crippen LogP) is 3.32. The lowest BCUT2D eigenvalue weighted by Crippen LogP contribution is -2.68. The van der Waals surface area contributed by atoms with Crippen molar-refractivity contribution >= 4 is 12.1 Å². The molecule has 33 heavy (non-hydrogen) atoms. The summed E-state index contributed by atoms with van der Waals surface area (Å²) in [4.78, 5) is 28.3. The first-order chi connectivity index (χ1) is 16.0. The number of hydrogen-bond acceptors (Lipinski definition) is 6. The molecule has 0 saturated carbocycles. The molecule has 2 fully saturated rings. The first-order valence-corrected chi connectivity index (χ1v) is 11.6. The molecule has 2 aliphatic heterocycles. The summed E-state index contributed by atoms with van der Waals surface area (Å²) in [6, 6.07) is 16.5. The molecular formula is C26H30N2O5. The molecule has 1 aliphatic carbocycles. The third kappa shape index (κ3) is 3.89. The highest BCUT2D eigenvalue weighted by Gasteiger charge is 2.52. The SMILES string of the molecule is CCOC(=O)C1(NC(=O)OCC2c3ccccc3-c3ccccc32)CC2COCC(C1)N2C. The van der Waals surface area contributed by atoms with Crippen molar-refractivity contribution in [2.45, 2.75) is 43.3 Å². The Labute approximate surface area is 194 Å². The van der Waals surface area contributed by atoms with E-state index < -0.39 is 17.6 Å². The van der Waals surface area contributed by atoms with Gasteiger partial charge in [-0.05, 0) is 49.1 Å². The molecule has 2 atom stereocenters. The summed E-state index contributed by atoms with van der Waals surface area (Å²) in [5, 5.41) is 2.92. The molecule has 2 unspecified atom stereocenters. The fraction of sp³-hybridized carbons (Fsp3) is 0.462. The summed E-state index contributed by atoms with van der Waals surface area (Å²) in [6.45, 7) is 3.29. The summed E-state index contributed by atoms with van der Waals surface area (Å²) in [5.74, 6) is -0.435. The zero-order valence-electron chi connectivity index (χ0n) is 19.1. The van der Waals surface area contributed by atoms with Crippen LogP contribution in [0.15, 0.2) is 48.5 Å². The van der Waals surface area contributed by atoms with E-state index in [-0.39, 0.29) is 31.2 Å². The van der Waals surface area contributed by atoms with Gasteiger partial charge >= 0.3 is 12.1 Å². The van der Waals surface area contributed by atoms with Gasteiger partial charge in [-0.3, -0.25) is 4.90 Å². The molecule has 2 bridgehead atoms. The van der Waals surface area contributed by atoms with Crippen LogP contribution in [0.25, 0.3) is 11.1 Å². The second-order valence-corrected chi connectivity index (χ2v) is 9.17. The molecule has 5 rings (SSSR count). The molecule has 0 aromatic heterocycles. The lowest BCUT2D eigenvalue weighted by molar-refractivity contribution is -0.160. The Balaban J connectivity index is 1.33. The van der Waals surface area contributed by atoms with Crippen LogP contribution >= 0.6 is 0 Å². The molecule has 0 radical (unpaired) electrons. The van der Waals surface area contributed by atoms with Crippen molar-refractivity contribution in [3.05, 3.63) is 59.7 Å². The number of rotatable bonds is 5. The second-order valence-electron chi connectivity index (χ2n) is 9.17. The van der Waals surface area contributed by atoms with Gasteiger partial charge in [-0.1, -0.05) is 48.5 Å². The van der Waals surface area contributed by atoms with Crippen molar-refractivity contribution < 1.29 is 23.8 Å². The van der Waals surface area contributed by atoms with Gasteiger partial charge < -0.3 is 19.5 Å². The van der Waals surface area contributed by atoms with Crippen LogP contribution in [0.4, 0.5) is 4.79 Å². The maximum absolute atomic E-state index is 13.0. The molecule has 7 heteroatoms. The van der Waals surface area contributed by atoms with Crippen LogP contribution in [0, 0.1) is 0 Å². The maximum atomic E-state index is 13.0. The van der Waals surface area contributed by atoms with Gasteiger partial charge in [0.2, 0.25) is 0 Å². The number of amides is 1. The lowest BCUT2D eigenvalue weighted by atomic mass is 9.78. The highest BCUT2D eigenvalue weighted by atomic mass is 16.6. The normalized spacial score (nSPS) is 26.2. The number of alkyl carbamates (subject to hydrolysis) is 1. The maximum Gasteiger partial charge on any atom is 0.408 e. The molecule has 174 valence electrons. The standard InChI is InChI=1S/C26H30N2O5/c1-3-32-24(29)26(12-17-14-31-15-18(13-26)28(17)2)27-25(30)33-16-23-21-10-6-4-8-19(21)20-9-5-7-11-22(20)23/h4-11,17-18,23H,3,12-16H2,1-2H3,(H,27,30). The Kier molecular flexibility index (Phi) is 5.85. The second kappa shape index (κ2) is 8.80. The van der Waals surface area contributed by atoms with E-state index in [1.807, 2.05) is 31.3 Å². The van der Waals surface area contributed by atoms with Gasteiger partial charge in [0.05, 0.1) is 19.8 Å². The van der Waals surface area contributed by atoms with Crippen molar-refractivity contribution in [2.75, 3.05) is 33.5 Å². The Morgan fingerprint density at radius 3 is 2.15 bits per heavy atom. The molecule has 2 aromatic carbocycles. The van der Waals surface area contributed by atoms with Crippen molar-refractivity contribution in [3.63, 3.8) is 0 Å². The predicted molar refractivity (Wildman–Crippen MR) is 123 cm³/mol. The summed E-state index contributed by atoms with van der Waals surface area (Å²) in [5.41, 5.74) is 3.54. The van der Waals surface area contributed by atoms with Crippen LogP contribution in [-0.4, -0.2) is 68.1 Å². The van der Waals surface area contributed by atoms with Gasteiger partial charge in [-0.25, -0.2) is 9.59 Å². The minimum Gasteiger partial charge on any atom is -0.464 e. The van der Waals surface area contributed by atoms with E-state index in [1.54, 1.807) is 6.92 Å². The highest BCUT2D eigenvalue weighted by molar-refractivity contribution is 5.86. The van der Waals surface area contributed by atoms with E-state index >= 15 is 0 Å². The highest BCUT2D eigenvalue weighted by Crippen LogP contribution is 2.44. The Bertz CT molecular complexity index is 995. The van der Waals surface area contributed by atoms with Crippen LogP contribution in [0.1, 0.15) is 36.8 Å². The van der Waals surface area contributed by atoms with E-state index in [9.17, 15) is 9.59 Å². The van der Waals surface area contributed by atoms with E-state index in [1.165, 1.54) is 11.1 Å². The van der Waals surface area contributed by atoms with Crippen LogP contribution < -0.4 is 5.32 Å². The number of hydrogen-bond donors (Lipinski definition) is 1. The molecule has 0 spiro atoms. The number of nitrogens with zero attached hydrogens (tertiary/aromatic N) is 1. The van der Waals surface area contributed by atoms with Crippen molar-refractivity contribution in [1.82, 2.24) is 10.2 Å². The Morgan fingerprint density at radius 1 is 1.00 bits per heavy atom. The molecule has 2 aromatic rings. The number of ether oxygens (including phenoxy) is 3. The van der Waals surface area contributed by atoms with Gasteiger partial charge in [0, 0.05) is 18.0 Å². The molecule has 2 saturated heterocycles. The molecule has 7 nitrogen and oxygen atoms in total. The summed E-state index contributed by atoms with van der Waals surface area (Å²) in [7, 11) is 2.04. The lowest BCUT2D eigenvalue weighted by Gasteiger charge is -2.50. The smallest absolute Gasteiger partial charge is 0.408 e. The summed E-state index contributed by atoms with van der Waals surface area (Å²) < 4.78 is 16.8. The monoisotopic (exact) mass is 450 g/mol. The number of nitrogens with one attached hydrogen (secondary N) is 1. The first-order valence-electron chi connectivity index (χ1n) is 11.6. The third-order valence-electron chi connectivity index (χ3n) is 7.29. The first kappa shape index (κ1) is 21.9. The Hall–Kier alpha value is -2.90. The average Bonchev–Trinajstić information content (AvgIpc) is 3.12. The van der Waals surface area contributed by atoms with Crippen LogP contribution in [-0.2, 0) is 19.0 Å². The molecule has 1 N–H and O–H groups in total. The minimum atomic E-state index is -1.11. The number of fused-ring (bicyclic) bond motifs is 5. The average molecular weight is 451 g/mol. The molecule has 1 amide bonds. The quantitative estimate of drug-likeness (QED) is 0.705. The third-order valence-corrected chi connectivity index (χ3v) is 7.29. The zero-order chi connectivity index (χ0) is 23.0. The molecular weight excluding hydrogens is 420 g/mol. The number of carbonyl (C=O) groups excluding carboxylic acids is 2. The van der Waals surface area contributed by atoms with Crippen LogP contribution in [0.5, 0.6) is 0 Å². The largest absolute Gasteiger partial charge is 0.464 e.